The molecule has 1 atom stereocenters. The van der Waals surface area contributed by atoms with Crippen molar-refractivity contribution in [2.24, 2.45) is 5.92 Å². The zero-order valence-corrected chi connectivity index (χ0v) is 12.6. The molecule has 6 nitrogen and oxygen atoms in total. The van der Waals surface area contributed by atoms with Gasteiger partial charge in [-0.3, -0.25) is 0 Å². The quantitative estimate of drug-likeness (QED) is 0.817. The van der Waals surface area contributed by atoms with Crippen molar-refractivity contribution in [3.05, 3.63) is 48.2 Å². The fourth-order valence-corrected chi connectivity index (χ4v) is 1.88. The lowest BCUT2D eigenvalue weighted by Gasteiger charge is -2.17. The van der Waals surface area contributed by atoms with Crippen LogP contribution in [0.3, 0.4) is 0 Å². The van der Waals surface area contributed by atoms with E-state index in [0.717, 1.165) is 5.56 Å². The maximum Gasteiger partial charge on any atom is 0.326 e. The Balaban J connectivity index is 2.02. The van der Waals surface area contributed by atoms with Gasteiger partial charge in [0.25, 0.3) is 0 Å². The summed E-state index contributed by atoms with van der Waals surface area (Å²) >= 11 is 0. The Hall–Kier alpha value is -2.63. The van der Waals surface area contributed by atoms with Crippen LogP contribution in [-0.2, 0) is 11.4 Å². The van der Waals surface area contributed by atoms with Crippen molar-refractivity contribution in [1.82, 2.24) is 9.97 Å². The van der Waals surface area contributed by atoms with E-state index < -0.39 is 12.0 Å². The van der Waals surface area contributed by atoms with Crippen molar-refractivity contribution in [3.8, 4) is 5.88 Å². The van der Waals surface area contributed by atoms with Crippen molar-refractivity contribution >= 4 is 11.9 Å². The SMILES string of the molecule is CC(C)[C@@H](Nc1nccc(OCc2ccccc2)n1)C(=O)O. The van der Waals surface area contributed by atoms with Gasteiger partial charge in [-0.15, -0.1) is 0 Å². The minimum absolute atomic E-state index is 0.0880. The van der Waals surface area contributed by atoms with Crippen LogP contribution in [0.5, 0.6) is 5.88 Å². The van der Waals surface area contributed by atoms with E-state index in [-0.39, 0.29) is 11.9 Å². The fourth-order valence-electron chi connectivity index (χ4n) is 1.88. The zero-order chi connectivity index (χ0) is 15.9. The van der Waals surface area contributed by atoms with E-state index in [4.69, 9.17) is 4.74 Å². The Labute approximate surface area is 129 Å². The molecule has 0 spiro atoms. The number of aliphatic carboxylic acids is 1. The monoisotopic (exact) mass is 301 g/mol. The number of carboxylic acids is 1. The standard InChI is InChI=1S/C16H19N3O3/c1-11(2)14(15(20)21)19-16-17-9-8-13(18-16)22-10-12-6-4-3-5-7-12/h3-9,11,14H,10H2,1-2H3,(H,20,21)(H,17,18,19)/t14-/m1/s1. The van der Waals surface area contributed by atoms with Crippen LogP contribution < -0.4 is 10.1 Å². The van der Waals surface area contributed by atoms with E-state index in [2.05, 4.69) is 15.3 Å². The van der Waals surface area contributed by atoms with Gasteiger partial charge in [0.15, 0.2) is 0 Å². The Morgan fingerprint density at radius 1 is 1.27 bits per heavy atom. The summed E-state index contributed by atoms with van der Waals surface area (Å²) in [4.78, 5) is 19.4. The molecule has 1 aromatic carbocycles. The molecule has 0 aliphatic heterocycles. The molecule has 0 aliphatic rings. The largest absolute Gasteiger partial charge is 0.480 e. The van der Waals surface area contributed by atoms with Gasteiger partial charge in [0.2, 0.25) is 11.8 Å². The van der Waals surface area contributed by atoms with Crippen molar-refractivity contribution in [1.29, 1.82) is 0 Å². The number of ether oxygens (including phenoxy) is 1. The van der Waals surface area contributed by atoms with Gasteiger partial charge < -0.3 is 15.2 Å². The predicted molar refractivity (Wildman–Crippen MR) is 82.7 cm³/mol. The van der Waals surface area contributed by atoms with Crippen molar-refractivity contribution in [2.45, 2.75) is 26.5 Å². The van der Waals surface area contributed by atoms with Gasteiger partial charge in [-0.05, 0) is 11.5 Å². The van der Waals surface area contributed by atoms with Crippen LogP contribution in [0.4, 0.5) is 5.95 Å². The van der Waals surface area contributed by atoms with Crippen molar-refractivity contribution < 1.29 is 14.6 Å². The maximum atomic E-state index is 11.2. The lowest BCUT2D eigenvalue weighted by atomic mass is 10.1. The molecule has 0 unspecified atom stereocenters. The molecule has 116 valence electrons. The van der Waals surface area contributed by atoms with Crippen molar-refractivity contribution in [3.63, 3.8) is 0 Å². The molecule has 0 amide bonds. The zero-order valence-electron chi connectivity index (χ0n) is 12.6. The summed E-state index contributed by atoms with van der Waals surface area (Å²) in [7, 11) is 0. The second-order valence-electron chi connectivity index (χ2n) is 5.20. The van der Waals surface area contributed by atoms with Gasteiger partial charge in [-0.2, -0.15) is 4.98 Å². The average Bonchev–Trinajstić information content (AvgIpc) is 2.51. The second-order valence-corrected chi connectivity index (χ2v) is 5.20. The Kier molecular flexibility index (Phi) is 5.30. The first-order valence-electron chi connectivity index (χ1n) is 7.05. The first-order valence-corrected chi connectivity index (χ1v) is 7.05. The summed E-state index contributed by atoms with van der Waals surface area (Å²) in [5.41, 5.74) is 1.03. The molecule has 0 bridgehead atoms. The molecule has 6 heteroatoms. The van der Waals surface area contributed by atoms with Crippen LogP contribution in [-0.4, -0.2) is 27.1 Å². The van der Waals surface area contributed by atoms with Crippen LogP contribution in [0.15, 0.2) is 42.6 Å². The highest BCUT2D eigenvalue weighted by Gasteiger charge is 2.22. The number of benzene rings is 1. The molecule has 2 rings (SSSR count). The molecule has 0 aliphatic carbocycles. The number of carboxylic acid groups (broad SMARTS) is 1. The van der Waals surface area contributed by atoms with E-state index >= 15 is 0 Å². The molecule has 22 heavy (non-hydrogen) atoms. The second kappa shape index (κ2) is 7.40. The maximum absolute atomic E-state index is 11.2. The molecule has 0 saturated heterocycles. The molecule has 2 N–H and O–H groups in total. The number of hydrogen-bond donors (Lipinski definition) is 2. The van der Waals surface area contributed by atoms with Gasteiger partial charge >= 0.3 is 5.97 Å². The number of nitrogens with zero attached hydrogens (tertiary/aromatic N) is 2. The van der Waals surface area contributed by atoms with Gasteiger partial charge in [0, 0.05) is 12.3 Å². The van der Waals surface area contributed by atoms with Gasteiger partial charge in [0.05, 0.1) is 0 Å². The topological polar surface area (TPSA) is 84.3 Å². The summed E-state index contributed by atoms with van der Waals surface area (Å²) in [6.07, 6.45) is 1.54. The molecular formula is C16H19N3O3. The van der Waals surface area contributed by atoms with Gasteiger partial charge in [-0.25, -0.2) is 9.78 Å². The lowest BCUT2D eigenvalue weighted by Crippen LogP contribution is -2.34. The van der Waals surface area contributed by atoms with Crippen LogP contribution >= 0.6 is 0 Å². The highest BCUT2D eigenvalue weighted by atomic mass is 16.5. The number of carbonyl (C=O) groups is 1. The van der Waals surface area contributed by atoms with Crippen LogP contribution in [0, 0.1) is 5.92 Å². The van der Waals surface area contributed by atoms with E-state index in [0.29, 0.717) is 12.5 Å². The highest BCUT2D eigenvalue weighted by Crippen LogP contribution is 2.14. The van der Waals surface area contributed by atoms with Gasteiger partial charge in [-0.1, -0.05) is 44.2 Å². The third-order valence-electron chi connectivity index (χ3n) is 3.08. The average molecular weight is 301 g/mol. The molecule has 1 heterocycles. The summed E-state index contributed by atoms with van der Waals surface area (Å²) in [5, 5.41) is 12.0. The first-order chi connectivity index (χ1) is 10.6. The number of hydrogen-bond acceptors (Lipinski definition) is 5. The van der Waals surface area contributed by atoms with E-state index in [1.165, 1.54) is 6.20 Å². The van der Waals surface area contributed by atoms with E-state index in [1.807, 2.05) is 44.2 Å². The van der Waals surface area contributed by atoms with Crippen LogP contribution in [0.2, 0.25) is 0 Å². The number of rotatable bonds is 7. The third kappa shape index (κ3) is 4.44. The fraction of sp³-hybridized carbons (Fsp3) is 0.312. The molecular weight excluding hydrogens is 282 g/mol. The first kappa shape index (κ1) is 15.8. The Morgan fingerprint density at radius 2 is 2.00 bits per heavy atom. The Bertz CT molecular complexity index is 617. The molecule has 2 aromatic rings. The van der Waals surface area contributed by atoms with E-state index in [1.54, 1.807) is 6.07 Å². The Morgan fingerprint density at radius 3 is 2.64 bits per heavy atom. The minimum Gasteiger partial charge on any atom is -0.480 e. The van der Waals surface area contributed by atoms with Crippen molar-refractivity contribution in [2.75, 3.05) is 5.32 Å². The molecule has 0 fully saturated rings. The number of anilines is 1. The van der Waals surface area contributed by atoms with Crippen LogP contribution in [0.25, 0.3) is 0 Å². The third-order valence-corrected chi connectivity index (χ3v) is 3.08. The predicted octanol–water partition coefficient (Wildman–Crippen LogP) is 2.58. The van der Waals surface area contributed by atoms with Crippen LogP contribution in [0.1, 0.15) is 19.4 Å². The number of aromatic nitrogens is 2. The summed E-state index contributed by atoms with van der Waals surface area (Å²) in [5.74, 6) is -0.384. The normalized spacial score (nSPS) is 12.0. The summed E-state index contributed by atoms with van der Waals surface area (Å²) in [6.45, 7) is 4.03. The molecule has 0 saturated carbocycles. The molecule has 0 radical (unpaired) electrons. The molecule has 1 aromatic heterocycles. The van der Waals surface area contributed by atoms with E-state index in [9.17, 15) is 9.90 Å². The highest BCUT2D eigenvalue weighted by molar-refractivity contribution is 5.76. The summed E-state index contributed by atoms with van der Waals surface area (Å²) < 4.78 is 5.60. The number of nitrogens with one attached hydrogen (secondary N) is 1. The van der Waals surface area contributed by atoms with Gasteiger partial charge in [0.1, 0.15) is 12.6 Å². The summed E-state index contributed by atoms with van der Waals surface area (Å²) in [6, 6.07) is 10.6. The lowest BCUT2D eigenvalue weighted by molar-refractivity contribution is -0.138. The minimum atomic E-state index is -0.936. The smallest absolute Gasteiger partial charge is 0.326 e.